The smallest absolute Gasteiger partial charge is 0.243 e. The predicted octanol–water partition coefficient (Wildman–Crippen LogP) is 3.14. The summed E-state index contributed by atoms with van der Waals surface area (Å²) >= 11 is 0. The summed E-state index contributed by atoms with van der Waals surface area (Å²) in [5.41, 5.74) is 6.96. The fourth-order valence-corrected chi connectivity index (χ4v) is 6.13. The number of carbonyl (C=O) groups excluding carboxylic acids is 2. The molecule has 2 atom stereocenters. The summed E-state index contributed by atoms with van der Waals surface area (Å²) in [5, 5.41) is 8.74. The van der Waals surface area contributed by atoms with Crippen molar-refractivity contribution < 1.29 is 14.3 Å². The van der Waals surface area contributed by atoms with Crippen molar-refractivity contribution >= 4 is 28.4 Å². The van der Waals surface area contributed by atoms with Crippen LogP contribution in [0.2, 0.25) is 0 Å². The molecule has 0 unspecified atom stereocenters. The zero-order valence-electron chi connectivity index (χ0n) is 21.1. The van der Waals surface area contributed by atoms with Crippen LogP contribution in [-0.2, 0) is 20.9 Å². The van der Waals surface area contributed by atoms with Gasteiger partial charge in [-0.05, 0) is 67.5 Å². The minimum absolute atomic E-state index is 0.0708. The Balaban J connectivity index is 1.25. The first-order valence-electron chi connectivity index (χ1n) is 13.7. The molecule has 2 amide bonds. The van der Waals surface area contributed by atoms with Gasteiger partial charge in [-0.15, -0.1) is 0 Å². The Labute approximate surface area is 213 Å². The third-order valence-electron chi connectivity index (χ3n) is 8.19. The average molecular weight is 494 g/mol. The summed E-state index contributed by atoms with van der Waals surface area (Å²) in [5.74, 6) is 0.790. The van der Waals surface area contributed by atoms with Crippen LogP contribution < -0.4 is 16.4 Å². The molecule has 36 heavy (non-hydrogen) atoms. The molecule has 0 bridgehead atoms. The molecule has 0 spiro atoms. The number of nitrogen functional groups attached to an aromatic ring is 1. The van der Waals surface area contributed by atoms with Gasteiger partial charge in [0.15, 0.2) is 0 Å². The Morgan fingerprint density at radius 1 is 1.06 bits per heavy atom. The number of fused-ring (bicyclic) bond motifs is 1. The lowest BCUT2D eigenvalue weighted by molar-refractivity contribution is -0.142. The van der Waals surface area contributed by atoms with E-state index >= 15 is 0 Å². The zero-order chi connectivity index (χ0) is 24.9. The van der Waals surface area contributed by atoms with Crippen molar-refractivity contribution in [1.82, 2.24) is 20.5 Å². The molecule has 4 N–H and O–H groups in total. The van der Waals surface area contributed by atoms with Gasteiger partial charge in [-0.3, -0.25) is 9.59 Å². The fraction of sp³-hybridized carbons (Fsp3) is 0.607. The van der Waals surface area contributed by atoms with Gasteiger partial charge >= 0.3 is 0 Å². The molecule has 2 aromatic rings. The van der Waals surface area contributed by atoms with Crippen molar-refractivity contribution in [2.75, 3.05) is 25.5 Å². The molecular formula is C28H39N5O3. The summed E-state index contributed by atoms with van der Waals surface area (Å²) in [6.45, 7) is 2.47. The van der Waals surface area contributed by atoms with E-state index in [4.69, 9.17) is 10.5 Å². The summed E-state index contributed by atoms with van der Waals surface area (Å²) < 4.78 is 5.58. The van der Waals surface area contributed by atoms with E-state index in [2.05, 4.69) is 15.6 Å². The monoisotopic (exact) mass is 493 g/mol. The number of amides is 2. The van der Waals surface area contributed by atoms with Crippen molar-refractivity contribution in [2.24, 2.45) is 5.92 Å². The molecule has 3 heterocycles. The van der Waals surface area contributed by atoms with Gasteiger partial charge in [0.1, 0.15) is 11.9 Å². The highest BCUT2D eigenvalue weighted by Gasteiger charge is 2.40. The number of anilines is 1. The summed E-state index contributed by atoms with van der Waals surface area (Å²) in [4.78, 5) is 33.2. The Hall–Kier alpha value is -2.71. The topological polar surface area (TPSA) is 110 Å². The predicted molar refractivity (Wildman–Crippen MR) is 140 cm³/mol. The molecule has 8 nitrogen and oxygen atoms in total. The van der Waals surface area contributed by atoms with Crippen molar-refractivity contribution in [3.8, 4) is 0 Å². The number of ether oxygens (including phenoxy) is 1. The van der Waals surface area contributed by atoms with E-state index in [9.17, 15) is 9.59 Å². The Kier molecular flexibility index (Phi) is 8.02. The van der Waals surface area contributed by atoms with Crippen LogP contribution in [0.4, 0.5) is 5.82 Å². The molecule has 3 aliphatic rings. The van der Waals surface area contributed by atoms with E-state index in [1.807, 2.05) is 29.2 Å². The van der Waals surface area contributed by atoms with Gasteiger partial charge in [0.05, 0.1) is 6.04 Å². The van der Waals surface area contributed by atoms with Gasteiger partial charge in [-0.1, -0.05) is 31.4 Å². The Morgan fingerprint density at radius 3 is 2.67 bits per heavy atom. The van der Waals surface area contributed by atoms with Gasteiger partial charge in [0.2, 0.25) is 11.8 Å². The van der Waals surface area contributed by atoms with Crippen LogP contribution in [0.15, 0.2) is 30.5 Å². The maximum absolute atomic E-state index is 13.9. The molecule has 3 fully saturated rings. The van der Waals surface area contributed by atoms with Crippen molar-refractivity contribution in [2.45, 2.75) is 82.5 Å². The average Bonchev–Trinajstić information content (AvgIpc) is 3.41. The lowest BCUT2D eigenvalue weighted by Crippen LogP contribution is -2.57. The molecule has 194 valence electrons. The highest BCUT2D eigenvalue weighted by Crippen LogP contribution is 2.27. The first-order valence-corrected chi connectivity index (χ1v) is 13.7. The van der Waals surface area contributed by atoms with E-state index in [1.165, 1.54) is 19.3 Å². The molecule has 5 rings (SSSR count). The lowest BCUT2D eigenvalue weighted by Gasteiger charge is -2.37. The SMILES string of the molecule is Nc1nccc2cc(CNC(=O)[C@@H]3CCCN3C(=O)[C@H](NC3CCCCC3)C3CCOCC3)ccc12. The van der Waals surface area contributed by atoms with Crippen LogP contribution >= 0.6 is 0 Å². The van der Waals surface area contributed by atoms with Crippen LogP contribution in [-0.4, -0.2) is 59.6 Å². The Bertz CT molecular complexity index is 1060. The van der Waals surface area contributed by atoms with Crippen LogP contribution in [0, 0.1) is 5.92 Å². The Morgan fingerprint density at radius 2 is 1.86 bits per heavy atom. The number of nitrogens with one attached hydrogen (secondary N) is 2. The molecule has 1 aromatic heterocycles. The van der Waals surface area contributed by atoms with Crippen LogP contribution in [0.5, 0.6) is 0 Å². The van der Waals surface area contributed by atoms with Crippen molar-refractivity contribution in [3.63, 3.8) is 0 Å². The van der Waals surface area contributed by atoms with Crippen LogP contribution in [0.1, 0.15) is 63.4 Å². The molecular weight excluding hydrogens is 454 g/mol. The minimum Gasteiger partial charge on any atom is -0.383 e. The van der Waals surface area contributed by atoms with Gasteiger partial charge in [-0.25, -0.2) is 4.98 Å². The van der Waals surface area contributed by atoms with E-state index in [1.54, 1.807) is 6.20 Å². The first-order chi connectivity index (χ1) is 17.6. The largest absolute Gasteiger partial charge is 0.383 e. The van der Waals surface area contributed by atoms with E-state index in [0.717, 1.165) is 48.4 Å². The molecule has 1 aliphatic carbocycles. The number of likely N-dealkylation sites (tertiary alicyclic amines) is 1. The molecule has 1 aromatic carbocycles. The lowest BCUT2D eigenvalue weighted by atomic mass is 9.88. The van der Waals surface area contributed by atoms with E-state index < -0.39 is 6.04 Å². The van der Waals surface area contributed by atoms with Gasteiger partial charge in [0, 0.05) is 43.9 Å². The maximum atomic E-state index is 13.9. The molecule has 2 aliphatic heterocycles. The number of pyridine rings is 1. The summed E-state index contributed by atoms with van der Waals surface area (Å²) in [7, 11) is 0. The van der Waals surface area contributed by atoms with Crippen molar-refractivity contribution in [3.05, 3.63) is 36.0 Å². The van der Waals surface area contributed by atoms with Gasteiger partial charge < -0.3 is 26.0 Å². The number of carbonyl (C=O) groups is 2. The third-order valence-corrected chi connectivity index (χ3v) is 8.19. The summed E-state index contributed by atoms with van der Waals surface area (Å²) in [6, 6.07) is 7.61. The molecule has 8 heteroatoms. The standard InChI is InChI=1S/C28H39N5O3/c29-26-23-9-8-19(17-21(23)10-13-30-26)18-31-27(34)24-7-4-14-33(24)28(35)25(20-11-15-36-16-12-20)32-22-5-2-1-3-6-22/h8-10,13,17,20,22,24-25,32H,1-7,11-12,14-16,18H2,(H2,29,30)(H,31,34)/t24-,25+/m0/s1. The first kappa shape index (κ1) is 25.0. The maximum Gasteiger partial charge on any atom is 0.243 e. The molecule has 2 saturated heterocycles. The number of benzene rings is 1. The van der Waals surface area contributed by atoms with Gasteiger partial charge in [0.25, 0.3) is 0 Å². The second-order valence-corrected chi connectivity index (χ2v) is 10.6. The molecule has 1 saturated carbocycles. The summed E-state index contributed by atoms with van der Waals surface area (Å²) in [6.07, 6.45) is 11.0. The number of hydrogen-bond acceptors (Lipinski definition) is 6. The highest BCUT2D eigenvalue weighted by atomic mass is 16.5. The van der Waals surface area contributed by atoms with Crippen LogP contribution in [0.25, 0.3) is 10.8 Å². The number of aromatic nitrogens is 1. The number of nitrogens with zero attached hydrogens (tertiary/aromatic N) is 2. The second-order valence-electron chi connectivity index (χ2n) is 10.6. The third kappa shape index (κ3) is 5.65. The molecule has 0 radical (unpaired) electrons. The number of nitrogens with two attached hydrogens (primary N) is 1. The van der Waals surface area contributed by atoms with E-state index in [0.29, 0.717) is 44.6 Å². The minimum atomic E-state index is -0.409. The van der Waals surface area contributed by atoms with Crippen molar-refractivity contribution in [1.29, 1.82) is 0 Å². The normalized spacial score (nSPS) is 22.6. The number of rotatable bonds is 7. The fourth-order valence-electron chi connectivity index (χ4n) is 6.13. The second kappa shape index (κ2) is 11.6. The quantitative estimate of drug-likeness (QED) is 0.547. The number of hydrogen-bond donors (Lipinski definition) is 3. The van der Waals surface area contributed by atoms with Crippen LogP contribution in [0.3, 0.4) is 0 Å². The highest BCUT2D eigenvalue weighted by molar-refractivity contribution is 5.92. The van der Waals surface area contributed by atoms with E-state index in [-0.39, 0.29) is 23.8 Å². The van der Waals surface area contributed by atoms with Gasteiger partial charge in [-0.2, -0.15) is 0 Å². The zero-order valence-corrected chi connectivity index (χ0v) is 21.1.